The summed E-state index contributed by atoms with van der Waals surface area (Å²) < 4.78 is 5.82. The minimum absolute atomic E-state index is 0.407. The maximum atomic E-state index is 6.14. The van der Waals surface area contributed by atoms with Crippen LogP contribution in [0.2, 0.25) is 0 Å². The van der Waals surface area contributed by atoms with E-state index in [0.29, 0.717) is 11.5 Å². The second kappa shape index (κ2) is 4.80. The fraction of sp³-hybridized carbons (Fsp3) is 0.647. The number of benzene rings is 1. The van der Waals surface area contributed by atoms with Crippen LogP contribution in [0.1, 0.15) is 25.7 Å². The summed E-state index contributed by atoms with van der Waals surface area (Å²) in [6.07, 6.45) is 5.41. The van der Waals surface area contributed by atoms with Gasteiger partial charge in [-0.25, -0.2) is 0 Å². The first-order chi connectivity index (χ1) is 10.1. The highest BCUT2D eigenvalue weighted by Gasteiger charge is 2.44. The summed E-state index contributed by atoms with van der Waals surface area (Å²) in [6, 6.07) is 6.29. The lowest BCUT2D eigenvalue weighted by atomic mass is 9.72. The van der Waals surface area contributed by atoms with Gasteiger partial charge in [-0.05, 0) is 64.0 Å². The van der Waals surface area contributed by atoms with Gasteiger partial charge in [0.05, 0.1) is 11.8 Å². The third kappa shape index (κ3) is 2.57. The molecule has 1 aliphatic carbocycles. The van der Waals surface area contributed by atoms with Crippen molar-refractivity contribution in [3.8, 4) is 5.75 Å². The van der Waals surface area contributed by atoms with Gasteiger partial charge >= 0.3 is 0 Å². The molecule has 4 rings (SSSR count). The lowest BCUT2D eigenvalue weighted by Crippen LogP contribution is -2.60. The van der Waals surface area contributed by atoms with Crippen molar-refractivity contribution in [3.63, 3.8) is 0 Å². The predicted molar refractivity (Wildman–Crippen MR) is 85.9 cm³/mol. The molecule has 2 aliphatic heterocycles. The monoisotopic (exact) mass is 287 g/mol. The molecule has 0 unspecified atom stereocenters. The number of hydrogen-bond donors (Lipinski definition) is 1. The van der Waals surface area contributed by atoms with Gasteiger partial charge in [0.25, 0.3) is 0 Å². The molecule has 3 aliphatic rings. The SMILES string of the molecule is CN1CCC2(CC1)CN(c1ccc(OC3CC3)c(N)c1)C2. The molecule has 4 nitrogen and oxygen atoms in total. The maximum absolute atomic E-state index is 6.14. The number of rotatable bonds is 3. The smallest absolute Gasteiger partial charge is 0.142 e. The van der Waals surface area contributed by atoms with Crippen LogP contribution in [0.25, 0.3) is 0 Å². The molecule has 114 valence electrons. The Labute approximate surface area is 126 Å². The van der Waals surface area contributed by atoms with Crippen molar-refractivity contribution < 1.29 is 4.74 Å². The Morgan fingerprint density at radius 2 is 1.90 bits per heavy atom. The highest BCUT2D eigenvalue weighted by atomic mass is 16.5. The standard InChI is InChI=1S/C17H25N3O/c1-19-8-6-17(7-9-19)11-20(12-17)13-2-5-16(15(18)10-13)21-14-3-4-14/h2,5,10,14H,3-4,6-9,11-12,18H2,1H3. The minimum Gasteiger partial charge on any atom is -0.488 e. The number of hydrogen-bond acceptors (Lipinski definition) is 4. The van der Waals surface area contributed by atoms with E-state index in [-0.39, 0.29) is 0 Å². The van der Waals surface area contributed by atoms with Gasteiger partial charge < -0.3 is 20.3 Å². The fourth-order valence-electron chi connectivity index (χ4n) is 3.56. The molecule has 4 heteroatoms. The van der Waals surface area contributed by atoms with E-state index < -0.39 is 0 Å². The van der Waals surface area contributed by atoms with Crippen LogP contribution in [0.3, 0.4) is 0 Å². The number of ether oxygens (including phenoxy) is 1. The average molecular weight is 287 g/mol. The van der Waals surface area contributed by atoms with Gasteiger partial charge in [0.15, 0.2) is 0 Å². The van der Waals surface area contributed by atoms with Crippen molar-refractivity contribution in [2.45, 2.75) is 31.8 Å². The van der Waals surface area contributed by atoms with E-state index >= 15 is 0 Å². The molecule has 21 heavy (non-hydrogen) atoms. The minimum atomic E-state index is 0.407. The quantitative estimate of drug-likeness (QED) is 0.867. The molecule has 0 aromatic heterocycles. The number of nitrogens with two attached hydrogens (primary N) is 1. The summed E-state index contributed by atoms with van der Waals surface area (Å²) in [5.74, 6) is 0.857. The van der Waals surface area contributed by atoms with Crippen molar-refractivity contribution in [2.75, 3.05) is 43.9 Å². The number of anilines is 2. The molecule has 1 aromatic rings. The maximum Gasteiger partial charge on any atom is 0.142 e. The topological polar surface area (TPSA) is 41.7 Å². The molecule has 2 heterocycles. The highest BCUT2D eigenvalue weighted by Crippen LogP contribution is 2.43. The molecule has 1 saturated carbocycles. The van der Waals surface area contributed by atoms with Gasteiger partial charge in [-0.3, -0.25) is 0 Å². The third-order valence-corrected chi connectivity index (χ3v) is 5.28. The van der Waals surface area contributed by atoms with E-state index in [9.17, 15) is 0 Å². The Morgan fingerprint density at radius 1 is 1.19 bits per heavy atom. The van der Waals surface area contributed by atoms with Crippen LogP contribution in [0, 0.1) is 5.41 Å². The third-order valence-electron chi connectivity index (χ3n) is 5.28. The summed E-state index contributed by atoms with van der Waals surface area (Å²) in [5.41, 5.74) is 8.74. The second-order valence-corrected chi connectivity index (χ2v) is 7.20. The average Bonchev–Trinajstić information content (AvgIpc) is 3.24. The van der Waals surface area contributed by atoms with Crippen molar-refractivity contribution >= 4 is 11.4 Å². The zero-order valence-corrected chi connectivity index (χ0v) is 12.8. The first-order valence-electron chi connectivity index (χ1n) is 8.13. The lowest BCUT2D eigenvalue weighted by molar-refractivity contribution is 0.0906. The van der Waals surface area contributed by atoms with E-state index in [4.69, 9.17) is 10.5 Å². The number of piperidine rings is 1. The van der Waals surface area contributed by atoms with Gasteiger partial charge in [0, 0.05) is 24.2 Å². The Bertz CT molecular complexity index is 525. The molecule has 0 amide bonds. The summed E-state index contributed by atoms with van der Waals surface area (Å²) in [5, 5.41) is 0. The van der Waals surface area contributed by atoms with Crippen LogP contribution in [-0.4, -0.2) is 44.2 Å². The molecule has 1 spiro atoms. The molecule has 3 fully saturated rings. The highest BCUT2D eigenvalue weighted by molar-refractivity contribution is 5.64. The molecule has 0 radical (unpaired) electrons. The zero-order chi connectivity index (χ0) is 14.4. The number of nitrogen functional groups attached to an aromatic ring is 1. The summed E-state index contributed by atoms with van der Waals surface area (Å²) in [7, 11) is 2.22. The Balaban J connectivity index is 1.40. The van der Waals surface area contributed by atoms with Crippen molar-refractivity contribution in [3.05, 3.63) is 18.2 Å². The molecule has 2 N–H and O–H groups in total. The van der Waals surface area contributed by atoms with Crippen LogP contribution >= 0.6 is 0 Å². The molecule has 1 aromatic carbocycles. The van der Waals surface area contributed by atoms with E-state index in [2.05, 4.69) is 29.0 Å². The number of likely N-dealkylation sites (tertiary alicyclic amines) is 1. The van der Waals surface area contributed by atoms with E-state index in [0.717, 1.165) is 11.4 Å². The van der Waals surface area contributed by atoms with Crippen LogP contribution in [0.15, 0.2) is 18.2 Å². The summed E-state index contributed by atoms with van der Waals surface area (Å²) in [4.78, 5) is 4.90. The molecular formula is C17H25N3O. The van der Waals surface area contributed by atoms with E-state index in [1.807, 2.05) is 6.07 Å². The largest absolute Gasteiger partial charge is 0.488 e. The Morgan fingerprint density at radius 3 is 2.52 bits per heavy atom. The van der Waals surface area contributed by atoms with Crippen LogP contribution in [-0.2, 0) is 0 Å². The van der Waals surface area contributed by atoms with Gasteiger partial charge in [-0.2, -0.15) is 0 Å². The fourth-order valence-corrected chi connectivity index (χ4v) is 3.56. The predicted octanol–water partition coefficient (Wildman–Crippen LogP) is 2.34. The van der Waals surface area contributed by atoms with Gasteiger partial charge in [0.2, 0.25) is 0 Å². The van der Waals surface area contributed by atoms with Crippen LogP contribution < -0.4 is 15.4 Å². The molecular weight excluding hydrogens is 262 g/mol. The second-order valence-electron chi connectivity index (χ2n) is 7.20. The van der Waals surface area contributed by atoms with Crippen molar-refractivity contribution in [2.24, 2.45) is 5.41 Å². The Kier molecular flexibility index (Phi) is 3.03. The van der Waals surface area contributed by atoms with Crippen LogP contribution in [0.4, 0.5) is 11.4 Å². The number of nitrogens with zero attached hydrogens (tertiary/aromatic N) is 2. The van der Waals surface area contributed by atoms with Gasteiger partial charge in [-0.1, -0.05) is 0 Å². The van der Waals surface area contributed by atoms with Crippen molar-refractivity contribution in [1.29, 1.82) is 0 Å². The van der Waals surface area contributed by atoms with E-state index in [1.165, 1.54) is 57.5 Å². The zero-order valence-electron chi connectivity index (χ0n) is 12.8. The molecule has 0 atom stereocenters. The van der Waals surface area contributed by atoms with Gasteiger partial charge in [0.1, 0.15) is 5.75 Å². The molecule has 0 bridgehead atoms. The normalized spacial score (nSPS) is 24.9. The molecule has 2 saturated heterocycles. The van der Waals surface area contributed by atoms with E-state index in [1.54, 1.807) is 0 Å². The summed E-state index contributed by atoms with van der Waals surface area (Å²) in [6.45, 7) is 4.85. The van der Waals surface area contributed by atoms with Crippen LogP contribution in [0.5, 0.6) is 5.75 Å². The summed E-state index contributed by atoms with van der Waals surface area (Å²) >= 11 is 0. The lowest BCUT2D eigenvalue weighted by Gasteiger charge is -2.54. The van der Waals surface area contributed by atoms with Crippen molar-refractivity contribution in [1.82, 2.24) is 4.90 Å². The first kappa shape index (κ1) is 13.3. The Hall–Kier alpha value is -1.42. The van der Waals surface area contributed by atoms with Gasteiger partial charge in [-0.15, -0.1) is 0 Å². The first-order valence-corrected chi connectivity index (χ1v) is 8.13.